The average Bonchev–Trinajstić information content (AvgIpc) is 2.38. The molecule has 0 amide bonds. The molecule has 21 heavy (non-hydrogen) atoms. The van der Waals surface area contributed by atoms with Crippen molar-refractivity contribution in [2.45, 2.75) is 39.7 Å². The fraction of sp³-hybridized carbons (Fsp3) is 0.467. The van der Waals surface area contributed by atoms with Crippen molar-refractivity contribution in [3.8, 4) is 0 Å². The van der Waals surface area contributed by atoms with Crippen LogP contribution in [0.4, 0.5) is 5.69 Å². The summed E-state index contributed by atoms with van der Waals surface area (Å²) in [6, 6.07) is 3.30. The molecule has 4 nitrogen and oxygen atoms in total. The van der Waals surface area contributed by atoms with E-state index in [-0.39, 0.29) is 22.6 Å². The van der Waals surface area contributed by atoms with Gasteiger partial charge in [0.15, 0.2) is 0 Å². The predicted octanol–water partition coefficient (Wildman–Crippen LogP) is 4.94. The maximum absolute atomic E-state index is 11.2. The van der Waals surface area contributed by atoms with E-state index >= 15 is 0 Å². The van der Waals surface area contributed by atoms with E-state index in [1.807, 2.05) is 33.8 Å². The molecule has 0 bridgehead atoms. The van der Waals surface area contributed by atoms with E-state index in [4.69, 9.17) is 16.3 Å². The zero-order chi connectivity index (χ0) is 16.0. The van der Waals surface area contributed by atoms with E-state index in [0.717, 1.165) is 5.56 Å². The van der Waals surface area contributed by atoms with Gasteiger partial charge in [0.1, 0.15) is 0 Å². The third-order valence-corrected chi connectivity index (χ3v) is 3.63. The number of aromatic carboxylic acids is 1. The van der Waals surface area contributed by atoms with Crippen LogP contribution >= 0.6 is 23.4 Å². The third-order valence-electron chi connectivity index (χ3n) is 2.68. The van der Waals surface area contributed by atoms with Crippen LogP contribution in [0.1, 0.15) is 49.5 Å². The first kappa shape index (κ1) is 18.0. The summed E-state index contributed by atoms with van der Waals surface area (Å²) >= 11 is 7.55. The van der Waals surface area contributed by atoms with E-state index < -0.39 is 5.97 Å². The van der Waals surface area contributed by atoms with Crippen LogP contribution in [0.25, 0.3) is 0 Å². The average molecular weight is 330 g/mol. The molecule has 0 aliphatic carbocycles. The monoisotopic (exact) mass is 329 g/mol. The summed E-state index contributed by atoms with van der Waals surface area (Å²) in [5.74, 6) is -0.408. The topological polar surface area (TPSA) is 58.9 Å². The second kappa shape index (κ2) is 8.41. The Labute approximate surface area is 134 Å². The molecule has 1 rings (SSSR count). The minimum Gasteiger partial charge on any atom is -0.478 e. The molecule has 6 heteroatoms. The first-order chi connectivity index (χ1) is 9.82. The lowest BCUT2D eigenvalue weighted by atomic mass is 9.99. The maximum Gasteiger partial charge on any atom is 0.337 e. The summed E-state index contributed by atoms with van der Waals surface area (Å²) in [6.45, 7) is 7.85. The summed E-state index contributed by atoms with van der Waals surface area (Å²) in [7, 11) is 0. The molecule has 0 aliphatic heterocycles. The molecule has 1 aromatic rings. The Bertz CT molecular complexity index is 530. The molecule has 0 aliphatic rings. The summed E-state index contributed by atoms with van der Waals surface area (Å²) in [6.07, 6.45) is 0.174. The van der Waals surface area contributed by atoms with Gasteiger partial charge in [0.2, 0.25) is 0 Å². The number of carboxylic acids is 1. The second-order valence-corrected chi connectivity index (χ2v) is 6.25. The Morgan fingerprint density at radius 3 is 2.62 bits per heavy atom. The van der Waals surface area contributed by atoms with Crippen LogP contribution in [0, 0.1) is 0 Å². The van der Waals surface area contributed by atoms with Crippen LogP contribution < -0.4 is 0 Å². The van der Waals surface area contributed by atoms with E-state index in [9.17, 15) is 9.90 Å². The predicted molar refractivity (Wildman–Crippen MR) is 89.3 cm³/mol. The number of halogens is 1. The number of ether oxygens (including phenoxy) is 1. The fourth-order valence-corrected chi connectivity index (χ4v) is 2.60. The number of hydrogen-bond donors (Lipinski definition) is 1. The van der Waals surface area contributed by atoms with Crippen LogP contribution in [0.5, 0.6) is 0 Å². The van der Waals surface area contributed by atoms with E-state index in [2.05, 4.69) is 4.99 Å². The minimum atomic E-state index is -1.05. The van der Waals surface area contributed by atoms with Crippen molar-refractivity contribution in [3.05, 3.63) is 28.3 Å². The molecule has 0 atom stereocenters. The molecule has 0 spiro atoms. The molecular weight excluding hydrogens is 310 g/mol. The standard InChI is InChI=1S/C15H20ClNO3S/c1-9(2)12-5-11(6-13(14(12)16)15(18)19)17-7-21-8-20-10(3)4/h5-7,9-10H,8H2,1-4H3,(H,18,19). The van der Waals surface area contributed by atoms with Gasteiger partial charge in [0.25, 0.3) is 0 Å². The molecule has 0 aromatic heterocycles. The van der Waals surface area contributed by atoms with Gasteiger partial charge in [0, 0.05) is 0 Å². The zero-order valence-corrected chi connectivity index (χ0v) is 14.2. The molecule has 116 valence electrons. The van der Waals surface area contributed by atoms with Crippen molar-refractivity contribution >= 4 is 40.6 Å². The van der Waals surface area contributed by atoms with E-state index in [1.54, 1.807) is 5.55 Å². The lowest BCUT2D eigenvalue weighted by molar-refractivity contribution is 0.0697. The highest BCUT2D eigenvalue weighted by molar-refractivity contribution is 8.11. The molecule has 0 fully saturated rings. The fourth-order valence-electron chi connectivity index (χ4n) is 1.59. The van der Waals surface area contributed by atoms with Crippen LogP contribution in [-0.4, -0.2) is 28.7 Å². The lowest BCUT2D eigenvalue weighted by Crippen LogP contribution is -2.01. The van der Waals surface area contributed by atoms with Crippen LogP contribution in [-0.2, 0) is 4.74 Å². The van der Waals surface area contributed by atoms with Crippen molar-refractivity contribution in [1.29, 1.82) is 0 Å². The van der Waals surface area contributed by atoms with Gasteiger partial charge in [-0.15, -0.1) is 0 Å². The number of hydrogen-bond acceptors (Lipinski definition) is 4. The van der Waals surface area contributed by atoms with Gasteiger partial charge >= 0.3 is 5.97 Å². The van der Waals surface area contributed by atoms with Crippen LogP contribution in [0.3, 0.4) is 0 Å². The molecule has 0 radical (unpaired) electrons. The molecule has 0 saturated heterocycles. The number of thioether (sulfide) groups is 1. The zero-order valence-electron chi connectivity index (χ0n) is 12.6. The maximum atomic E-state index is 11.2. The van der Waals surface area contributed by atoms with Gasteiger partial charge in [0.05, 0.1) is 33.9 Å². The van der Waals surface area contributed by atoms with Gasteiger partial charge in [-0.3, -0.25) is 0 Å². The first-order valence-electron chi connectivity index (χ1n) is 6.65. The van der Waals surface area contributed by atoms with Crippen molar-refractivity contribution in [2.75, 3.05) is 5.94 Å². The van der Waals surface area contributed by atoms with Crippen molar-refractivity contribution in [2.24, 2.45) is 4.99 Å². The molecule has 0 heterocycles. The number of carboxylic acid groups (broad SMARTS) is 1. The smallest absolute Gasteiger partial charge is 0.337 e. The number of aliphatic imine (C=N–C) groups is 1. The van der Waals surface area contributed by atoms with Crippen molar-refractivity contribution in [1.82, 2.24) is 0 Å². The summed E-state index contributed by atoms with van der Waals surface area (Å²) in [4.78, 5) is 15.5. The normalized spacial score (nSPS) is 11.8. The van der Waals surface area contributed by atoms with Crippen molar-refractivity contribution < 1.29 is 14.6 Å². The van der Waals surface area contributed by atoms with Crippen LogP contribution in [0.15, 0.2) is 17.1 Å². The highest BCUT2D eigenvalue weighted by atomic mass is 35.5. The van der Waals surface area contributed by atoms with Crippen molar-refractivity contribution in [3.63, 3.8) is 0 Å². The Morgan fingerprint density at radius 1 is 1.43 bits per heavy atom. The number of nitrogens with zero attached hydrogens (tertiary/aromatic N) is 1. The quantitative estimate of drug-likeness (QED) is 0.333. The number of carbonyl (C=O) groups is 1. The van der Waals surface area contributed by atoms with E-state index in [0.29, 0.717) is 11.6 Å². The number of rotatable bonds is 7. The van der Waals surface area contributed by atoms with Gasteiger partial charge in [-0.2, -0.15) is 0 Å². The Hall–Kier alpha value is -1.04. The molecule has 0 saturated carbocycles. The first-order valence-corrected chi connectivity index (χ1v) is 8.08. The van der Waals surface area contributed by atoms with E-state index in [1.165, 1.54) is 17.8 Å². The SMILES string of the molecule is CC(C)OCSC=Nc1cc(C(=O)O)c(Cl)c(C(C)C)c1. The van der Waals surface area contributed by atoms with Gasteiger partial charge in [-0.05, 0) is 37.5 Å². The minimum absolute atomic E-state index is 0.0819. The van der Waals surface area contributed by atoms with Gasteiger partial charge in [-0.25, -0.2) is 9.79 Å². The third kappa shape index (κ3) is 5.69. The lowest BCUT2D eigenvalue weighted by Gasteiger charge is -2.11. The molecule has 1 aromatic carbocycles. The Morgan fingerprint density at radius 2 is 2.10 bits per heavy atom. The van der Waals surface area contributed by atoms with Gasteiger partial charge in [-0.1, -0.05) is 37.2 Å². The van der Waals surface area contributed by atoms with Gasteiger partial charge < -0.3 is 9.84 Å². The number of benzene rings is 1. The Kier molecular flexibility index (Phi) is 7.22. The summed E-state index contributed by atoms with van der Waals surface area (Å²) < 4.78 is 5.38. The van der Waals surface area contributed by atoms with Crippen LogP contribution in [0.2, 0.25) is 5.02 Å². The largest absolute Gasteiger partial charge is 0.478 e. The highest BCUT2D eigenvalue weighted by Crippen LogP contribution is 2.32. The molecule has 0 unspecified atom stereocenters. The molecular formula is C15H20ClNO3S. The Balaban J connectivity index is 2.92. The summed E-state index contributed by atoms with van der Waals surface area (Å²) in [5, 5.41) is 9.49. The highest BCUT2D eigenvalue weighted by Gasteiger charge is 2.16. The molecule has 1 N–H and O–H groups in total. The second-order valence-electron chi connectivity index (χ2n) is 5.09. The summed E-state index contributed by atoms with van der Waals surface area (Å²) in [5.41, 5.74) is 3.10.